The van der Waals surface area contributed by atoms with Gasteiger partial charge in [0.2, 0.25) is 0 Å². The predicted octanol–water partition coefficient (Wildman–Crippen LogP) is 23.8. The molecule has 6 nitrogen and oxygen atoms in total. The Labute approximate surface area is 501 Å². The van der Waals surface area contributed by atoms with Gasteiger partial charge in [-0.2, -0.15) is 0 Å². The third-order valence-electron chi connectivity index (χ3n) is 14.7. The molecule has 1 atom stereocenters. The zero-order valence-corrected chi connectivity index (χ0v) is 53.3. The van der Waals surface area contributed by atoms with Gasteiger partial charge in [0.25, 0.3) is 0 Å². The van der Waals surface area contributed by atoms with Crippen LogP contribution in [-0.4, -0.2) is 37.2 Å². The van der Waals surface area contributed by atoms with E-state index in [0.717, 1.165) is 148 Å². The van der Waals surface area contributed by atoms with Crippen molar-refractivity contribution in [3.63, 3.8) is 0 Å². The Hall–Kier alpha value is -3.93. The molecule has 0 aromatic heterocycles. The van der Waals surface area contributed by atoms with Gasteiger partial charge in [0.1, 0.15) is 13.2 Å². The number of hydrogen-bond donors (Lipinski definition) is 0. The molecule has 0 fully saturated rings. The van der Waals surface area contributed by atoms with Crippen LogP contribution in [0.3, 0.4) is 0 Å². The Morgan fingerprint density at radius 3 is 0.802 bits per heavy atom. The Morgan fingerprint density at radius 1 is 0.259 bits per heavy atom. The Kier molecular flexibility index (Phi) is 65.2. The zero-order chi connectivity index (χ0) is 58.5. The Morgan fingerprint density at radius 2 is 0.506 bits per heavy atom. The highest BCUT2D eigenvalue weighted by molar-refractivity contribution is 5.71. The number of allylic oxidation sites excluding steroid dienone is 18. The molecule has 0 saturated carbocycles. The van der Waals surface area contributed by atoms with Gasteiger partial charge in [0.15, 0.2) is 6.10 Å². The van der Waals surface area contributed by atoms with Crippen LogP contribution in [0, 0.1) is 0 Å². The molecule has 1 unspecified atom stereocenters. The first kappa shape index (κ1) is 77.1. The molecule has 0 aromatic rings. The van der Waals surface area contributed by atoms with Crippen molar-refractivity contribution >= 4 is 17.9 Å². The molecule has 0 bridgehead atoms. The van der Waals surface area contributed by atoms with E-state index in [1.165, 1.54) is 141 Å². The minimum Gasteiger partial charge on any atom is -0.462 e. The molecule has 0 aromatic carbocycles. The Balaban J connectivity index is 4.28. The van der Waals surface area contributed by atoms with E-state index in [2.05, 4.69) is 130 Å². The van der Waals surface area contributed by atoms with Crippen LogP contribution in [0.1, 0.15) is 329 Å². The van der Waals surface area contributed by atoms with Gasteiger partial charge in [-0.15, -0.1) is 0 Å². The minimum absolute atomic E-state index is 0.0899. The van der Waals surface area contributed by atoms with Crippen LogP contribution >= 0.6 is 0 Å². The maximum absolute atomic E-state index is 12.9. The average Bonchev–Trinajstić information content (AvgIpc) is 3.46. The molecule has 0 aliphatic rings. The third kappa shape index (κ3) is 66.8. The summed E-state index contributed by atoms with van der Waals surface area (Å²) < 4.78 is 16.9. The fourth-order valence-electron chi connectivity index (χ4n) is 9.60. The summed E-state index contributed by atoms with van der Waals surface area (Å²) in [6.07, 6.45) is 94.0. The van der Waals surface area contributed by atoms with Crippen molar-refractivity contribution in [1.82, 2.24) is 0 Å². The summed E-state index contributed by atoms with van der Waals surface area (Å²) >= 11 is 0. The van der Waals surface area contributed by atoms with Crippen LogP contribution < -0.4 is 0 Å². The van der Waals surface area contributed by atoms with Crippen LogP contribution in [-0.2, 0) is 28.6 Å². The summed E-state index contributed by atoms with van der Waals surface area (Å²) in [5.74, 6) is -0.914. The van der Waals surface area contributed by atoms with Crippen LogP contribution in [0.5, 0.6) is 0 Å². The van der Waals surface area contributed by atoms with Gasteiger partial charge in [-0.3, -0.25) is 14.4 Å². The van der Waals surface area contributed by atoms with E-state index in [0.29, 0.717) is 19.3 Å². The number of hydrogen-bond acceptors (Lipinski definition) is 6. The first-order valence-corrected chi connectivity index (χ1v) is 34.4. The topological polar surface area (TPSA) is 78.9 Å². The van der Waals surface area contributed by atoms with E-state index in [9.17, 15) is 14.4 Å². The van der Waals surface area contributed by atoms with Crippen LogP contribution in [0.2, 0.25) is 0 Å². The molecule has 0 heterocycles. The second-order valence-electron chi connectivity index (χ2n) is 22.7. The van der Waals surface area contributed by atoms with E-state index in [1.54, 1.807) is 0 Å². The number of unbranched alkanes of at least 4 members (excludes halogenated alkanes) is 33. The quantitative estimate of drug-likeness (QED) is 0.0261. The van der Waals surface area contributed by atoms with Crippen molar-refractivity contribution in [1.29, 1.82) is 0 Å². The molecule has 0 N–H and O–H groups in total. The maximum Gasteiger partial charge on any atom is 0.306 e. The lowest BCUT2D eigenvalue weighted by molar-refractivity contribution is -0.167. The zero-order valence-electron chi connectivity index (χ0n) is 53.3. The van der Waals surface area contributed by atoms with Crippen molar-refractivity contribution in [3.05, 3.63) is 109 Å². The summed E-state index contributed by atoms with van der Waals surface area (Å²) in [6, 6.07) is 0. The highest BCUT2D eigenvalue weighted by Gasteiger charge is 2.19. The highest BCUT2D eigenvalue weighted by atomic mass is 16.6. The van der Waals surface area contributed by atoms with E-state index in [-0.39, 0.29) is 31.1 Å². The van der Waals surface area contributed by atoms with Crippen molar-refractivity contribution in [2.45, 2.75) is 335 Å². The molecule has 0 spiro atoms. The predicted molar refractivity (Wildman–Crippen MR) is 353 cm³/mol. The highest BCUT2D eigenvalue weighted by Crippen LogP contribution is 2.17. The number of rotatable bonds is 62. The van der Waals surface area contributed by atoms with Crippen molar-refractivity contribution in [2.75, 3.05) is 13.2 Å². The summed E-state index contributed by atoms with van der Waals surface area (Å²) in [7, 11) is 0. The van der Waals surface area contributed by atoms with Crippen molar-refractivity contribution < 1.29 is 28.6 Å². The van der Waals surface area contributed by atoms with E-state index in [1.807, 2.05) is 0 Å². The summed E-state index contributed by atoms with van der Waals surface area (Å²) in [6.45, 7) is 6.45. The van der Waals surface area contributed by atoms with Crippen LogP contribution in [0.25, 0.3) is 0 Å². The molecule has 0 amide bonds. The molecule has 0 aliphatic heterocycles. The molecule has 0 radical (unpaired) electrons. The summed E-state index contributed by atoms with van der Waals surface area (Å²) in [4.78, 5) is 38.4. The molecule has 81 heavy (non-hydrogen) atoms. The van der Waals surface area contributed by atoms with E-state index < -0.39 is 6.10 Å². The van der Waals surface area contributed by atoms with E-state index >= 15 is 0 Å². The average molecular weight is 1130 g/mol. The maximum atomic E-state index is 12.9. The fourth-order valence-corrected chi connectivity index (χ4v) is 9.60. The van der Waals surface area contributed by atoms with Gasteiger partial charge in [-0.1, -0.05) is 297 Å². The first-order chi connectivity index (χ1) is 40.0. The number of carbonyl (C=O) groups excluding carboxylic acids is 3. The number of esters is 3. The monoisotopic (exact) mass is 1120 g/mol. The number of ether oxygens (including phenoxy) is 3. The molecule has 6 heteroatoms. The lowest BCUT2D eigenvalue weighted by Gasteiger charge is -2.18. The third-order valence-corrected chi connectivity index (χ3v) is 14.7. The first-order valence-electron chi connectivity index (χ1n) is 34.4. The van der Waals surface area contributed by atoms with Crippen LogP contribution in [0.15, 0.2) is 109 Å². The second kappa shape index (κ2) is 68.6. The molecule has 0 saturated heterocycles. The number of carbonyl (C=O) groups is 3. The van der Waals surface area contributed by atoms with Gasteiger partial charge in [-0.25, -0.2) is 0 Å². The lowest BCUT2D eigenvalue weighted by Crippen LogP contribution is -2.30. The van der Waals surface area contributed by atoms with Crippen molar-refractivity contribution in [3.8, 4) is 0 Å². The molecular weight excluding hydrogens is 997 g/mol. The van der Waals surface area contributed by atoms with Gasteiger partial charge in [-0.05, 0) is 122 Å². The minimum atomic E-state index is -0.797. The fraction of sp³-hybridized carbons (Fsp3) is 0.720. The lowest BCUT2D eigenvalue weighted by atomic mass is 10.0. The van der Waals surface area contributed by atoms with Gasteiger partial charge in [0, 0.05) is 19.3 Å². The summed E-state index contributed by atoms with van der Waals surface area (Å²) in [5, 5.41) is 0. The van der Waals surface area contributed by atoms with Crippen LogP contribution in [0.4, 0.5) is 0 Å². The van der Waals surface area contributed by atoms with Gasteiger partial charge < -0.3 is 14.2 Å². The summed E-state index contributed by atoms with van der Waals surface area (Å²) in [5.41, 5.74) is 0. The van der Waals surface area contributed by atoms with E-state index in [4.69, 9.17) is 14.2 Å². The molecule has 0 rings (SSSR count). The second-order valence-corrected chi connectivity index (χ2v) is 22.7. The normalized spacial score (nSPS) is 12.8. The standard InChI is InChI=1S/C75H128O6/c1-4-7-10-13-16-19-22-25-27-29-31-33-34-35-36-37-38-39-40-42-43-45-47-50-53-56-59-62-65-68-74(77)80-71-72(70-79-73(76)67-64-61-58-55-52-49-24-21-18-15-12-9-6-3)81-75(78)69-66-63-60-57-54-51-48-46-44-41-32-30-28-26-23-20-17-14-11-8-5-2/h8,11-12,15,17,20-22,24-26,28-29,31-32,41,46,48,72H,4-7,9-10,13-14,16,18-19,23,27,30,33-40,42-45,47,49-71H2,1-3H3/b11-8-,15-12-,20-17-,24-21-,25-22-,28-26-,31-29-,41-32-,48-46-. The SMILES string of the molecule is CC/C=C\C/C=C\C/C=C\C/C=C\C/C=C\CCCCCCCC(=O)OC(COC(=O)CCCCCCC/C=C\C/C=C\CCC)COC(=O)CCCCCCCCCCCCCCCCCCC/C=C\C/C=C\CCCCCCC. The Bertz CT molecular complexity index is 1620. The molecule has 0 aliphatic carbocycles. The molecular formula is C75H128O6. The van der Waals surface area contributed by atoms with Crippen molar-refractivity contribution in [2.24, 2.45) is 0 Å². The largest absolute Gasteiger partial charge is 0.462 e. The van der Waals surface area contributed by atoms with Gasteiger partial charge in [0.05, 0.1) is 0 Å². The smallest absolute Gasteiger partial charge is 0.306 e. The molecule has 464 valence electrons. The van der Waals surface area contributed by atoms with Gasteiger partial charge >= 0.3 is 17.9 Å².